The summed E-state index contributed by atoms with van der Waals surface area (Å²) in [4.78, 5) is 10.6. The lowest BCUT2D eigenvalue weighted by molar-refractivity contribution is -0.385. The van der Waals surface area contributed by atoms with Crippen molar-refractivity contribution < 1.29 is 10.0 Å². The van der Waals surface area contributed by atoms with Crippen LogP contribution in [0.25, 0.3) is 0 Å². The zero-order chi connectivity index (χ0) is 16.3. The number of hydrogen-bond donors (Lipinski definition) is 2. The highest BCUT2D eigenvalue weighted by atomic mass is 16.6. The molecule has 0 spiro atoms. The summed E-state index contributed by atoms with van der Waals surface area (Å²) >= 11 is 0. The Balaban J connectivity index is 2.20. The molecule has 0 bridgehead atoms. The topological polar surface area (TPSA) is 93.2 Å². The first kappa shape index (κ1) is 16.0. The van der Waals surface area contributed by atoms with Crippen molar-refractivity contribution in [2.45, 2.75) is 33.9 Å². The summed E-state index contributed by atoms with van der Waals surface area (Å²) in [5.74, 6) is 0.828. The largest absolute Gasteiger partial charge is 0.394 e. The van der Waals surface area contributed by atoms with Gasteiger partial charge in [-0.2, -0.15) is 5.10 Å². The van der Waals surface area contributed by atoms with Gasteiger partial charge in [-0.15, -0.1) is 0 Å². The highest BCUT2D eigenvalue weighted by molar-refractivity contribution is 5.48. The number of aliphatic hydroxyl groups excluding tert-OH is 1. The molecule has 2 rings (SSSR count). The molecule has 7 heteroatoms. The van der Waals surface area contributed by atoms with Crippen LogP contribution < -0.4 is 5.32 Å². The maximum absolute atomic E-state index is 11.0. The van der Waals surface area contributed by atoms with E-state index in [-0.39, 0.29) is 17.2 Å². The highest BCUT2D eigenvalue weighted by Gasteiger charge is 2.13. The summed E-state index contributed by atoms with van der Waals surface area (Å²) in [6, 6.07) is 5.19. The molecular formula is C15H20N4O3. The molecule has 1 aromatic carbocycles. The van der Waals surface area contributed by atoms with Crippen molar-refractivity contribution in [3.8, 4) is 0 Å². The van der Waals surface area contributed by atoms with E-state index in [1.807, 2.05) is 19.9 Å². The molecule has 2 aromatic rings. The van der Waals surface area contributed by atoms with Gasteiger partial charge >= 0.3 is 0 Å². The van der Waals surface area contributed by atoms with Gasteiger partial charge in [-0.3, -0.25) is 10.1 Å². The minimum Gasteiger partial charge on any atom is -0.394 e. The van der Waals surface area contributed by atoms with E-state index in [0.717, 1.165) is 22.6 Å². The van der Waals surface area contributed by atoms with E-state index in [9.17, 15) is 10.1 Å². The summed E-state index contributed by atoms with van der Waals surface area (Å²) in [7, 11) is 0. The molecule has 0 saturated heterocycles. The van der Waals surface area contributed by atoms with Crippen LogP contribution in [0.5, 0.6) is 0 Å². The average Bonchev–Trinajstić information content (AvgIpc) is 2.73. The van der Waals surface area contributed by atoms with Crippen molar-refractivity contribution >= 4 is 11.5 Å². The monoisotopic (exact) mass is 304 g/mol. The first-order chi connectivity index (χ1) is 10.4. The Morgan fingerprint density at radius 2 is 2.09 bits per heavy atom. The van der Waals surface area contributed by atoms with Crippen LogP contribution in [0.2, 0.25) is 0 Å². The Kier molecular flexibility index (Phi) is 4.77. The molecule has 0 atom stereocenters. The lowest BCUT2D eigenvalue weighted by Gasteiger charge is -2.10. The Labute approximate surface area is 128 Å². The first-order valence-corrected chi connectivity index (χ1v) is 7.06. The average molecular weight is 304 g/mol. The predicted octanol–water partition coefficient (Wildman–Crippen LogP) is 2.32. The SMILES string of the molecule is Cc1ccc(CNc2c(C)c(C)nn2CCO)cc1[N+](=O)[O-]. The van der Waals surface area contributed by atoms with Gasteiger partial charge in [0.1, 0.15) is 5.82 Å². The van der Waals surface area contributed by atoms with Gasteiger partial charge in [-0.1, -0.05) is 12.1 Å². The lowest BCUT2D eigenvalue weighted by Crippen LogP contribution is -2.11. The summed E-state index contributed by atoms with van der Waals surface area (Å²) in [6.07, 6.45) is 0. The van der Waals surface area contributed by atoms with E-state index >= 15 is 0 Å². The molecule has 0 fully saturated rings. The highest BCUT2D eigenvalue weighted by Crippen LogP contribution is 2.22. The van der Waals surface area contributed by atoms with Gasteiger partial charge in [0.25, 0.3) is 5.69 Å². The summed E-state index contributed by atoms with van der Waals surface area (Å²) in [5, 5.41) is 27.7. The van der Waals surface area contributed by atoms with Crippen molar-refractivity contribution in [3.05, 3.63) is 50.7 Å². The number of aromatic nitrogens is 2. The summed E-state index contributed by atoms with van der Waals surface area (Å²) < 4.78 is 1.72. The van der Waals surface area contributed by atoms with Crippen LogP contribution in [-0.2, 0) is 13.1 Å². The number of hydrogen-bond acceptors (Lipinski definition) is 5. The molecule has 0 aliphatic carbocycles. The summed E-state index contributed by atoms with van der Waals surface area (Å²) in [6.45, 7) is 6.45. The fourth-order valence-corrected chi connectivity index (χ4v) is 2.30. The van der Waals surface area contributed by atoms with E-state index in [2.05, 4.69) is 10.4 Å². The minimum atomic E-state index is -0.371. The Morgan fingerprint density at radius 3 is 2.73 bits per heavy atom. The van der Waals surface area contributed by atoms with Crippen LogP contribution in [0.4, 0.5) is 11.5 Å². The first-order valence-electron chi connectivity index (χ1n) is 7.06. The molecule has 1 aromatic heterocycles. The second kappa shape index (κ2) is 6.57. The smallest absolute Gasteiger partial charge is 0.272 e. The molecular weight excluding hydrogens is 284 g/mol. The fourth-order valence-electron chi connectivity index (χ4n) is 2.30. The van der Waals surface area contributed by atoms with E-state index in [1.165, 1.54) is 0 Å². The molecule has 1 heterocycles. The number of benzene rings is 1. The van der Waals surface area contributed by atoms with Crippen LogP contribution in [0.3, 0.4) is 0 Å². The van der Waals surface area contributed by atoms with Crippen molar-refractivity contribution in [2.24, 2.45) is 0 Å². The molecule has 0 aliphatic rings. The molecule has 118 valence electrons. The fraction of sp³-hybridized carbons (Fsp3) is 0.400. The normalized spacial score (nSPS) is 10.7. The van der Waals surface area contributed by atoms with Gasteiger partial charge in [-0.25, -0.2) is 4.68 Å². The second-order valence-corrected chi connectivity index (χ2v) is 5.24. The van der Waals surface area contributed by atoms with Gasteiger partial charge in [0.05, 0.1) is 23.8 Å². The zero-order valence-electron chi connectivity index (χ0n) is 13.0. The molecule has 7 nitrogen and oxygen atoms in total. The van der Waals surface area contributed by atoms with E-state index in [1.54, 1.807) is 23.7 Å². The van der Waals surface area contributed by atoms with E-state index in [4.69, 9.17) is 5.11 Å². The molecule has 2 N–H and O–H groups in total. The Morgan fingerprint density at radius 1 is 1.36 bits per heavy atom. The number of nitrogens with one attached hydrogen (secondary N) is 1. The van der Waals surface area contributed by atoms with Crippen molar-refractivity contribution in [1.29, 1.82) is 0 Å². The molecule has 0 radical (unpaired) electrons. The van der Waals surface area contributed by atoms with Crippen LogP contribution in [-0.4, -0.2) is 26.4 Å². The summed E-state index contributed by atoms with van der Waals surface area (Å²) in [5.41, 5.74) is 3.49. The van der Waals surface area contributed by atoms with Gasteiger partial charge < -0.3 is 10.4 Å². The number of aryl methyl sites for hydroxylation is 2. The number of rotatable bonds is 6. The number of nitro groups is 1. The lowest BCUT2D eigenvalue weighted by atomic mass is 10.1. The van der Waals surface area contributed by atoms with Crippen molar-refractivity contribution in [1.82, 2.24) is 9.78 Å². The zero-order valence-corrected chi connectivity index (χ0v) is 13.0. The third kappa shape index (κ3) is 3.25. The quantitative estimate of drug-likeness (QED) is 0.631. The van der Waals surface area contributed by atoms with Gasteiger partial charge in [0.15, 0.2) is 0 Å². The molecule has 22 heavy (non-hydrogen) atoms. The van der Waals surface area contributed by atoms with Crippen LogP contribution >= 0.6 is 0 Å². The van der Waals surface area contributed by atoms with Gasteiger partial charge in [-0.05, 0) is 26.3 Å². The molecule has 0 amide bonds. The Hall–Kier alpha value is -2.41. The predicted molar refractivity (Wildman–Crippen MR) is 83.9 cm³/mol. The maximum atomic E-state index is 11.0. The van der Waals surface area contributed by atoms with E-state index < -0.39 is 0 Å². The van der Waals surface area contributed by atoms with E-state index in [0.29, 0.717) is 18.7 Å². The van der Waals surface area contributed by atoms with Crippen molar-refractivity contribution in [2.75, 3.05) is 11.9 Å². The third-order valence-electron chi connectivity index (χ3n) is 3.67. The number of nitro benzene ring substituents is 1. The molecule has 0 aliphatic heterocycles. The van der Waals surface area contributed by atoms with Gasteiger partial charge in [0.2, 0.25) is 0 Å². The third-order valence-corrected chi connectivity index (χ3v) is 3.67. The molecule has 0 unspecified atom stereocenters. The Bertz CT molecular complexity index is 694. The maximum Gasteiger partial charge on any atom is 0.272 e. The number of anilines is 1. The van der Waals surface area contributed by atoms with Crippen LogP contribution in [0.1, 0.15) is 22.4 Å². The van der Waals surface area contributed by atoms with Gasteiger partial charge in [0, 0.05) is 23.7 Å². The molecule has 0 saturated carbocycles. The van der Waals surface area contributed by atoms with Crippen LogP contribution in [0, 0.1) is 30.9 Å². The second-order valence-electron chi connectivity index (χ2n) is 5.24. The number of aliphatic hydroxyl groups is 1. The number of nitrogens with zero attached hydrogens (tertiary/aromatic N) is 3. The standard InChI is InChI=1S/C15H20N4O3/c1-10-4-5-13(8-14(10)19(21)22)9-16-15-11(2)12(3)17-18(15)6-7-20/h4-5,8,16,20H,6-7,9H2,1-3H3. The van der Waals surface area contributed by atoms with Crippen LogP contribution in [0.15, 0.2) is 18.2 Å². The van der Waals surface area contributed by atoms with Crippen molar-refractivity contribution in [3.63, 3.8) is 0 Å². The minimum absolute atomic E-state index is 0.00520.